The summed E-state index contributed by atoms with van der Waals surface area (Å²) in [6.45, 7) is 4.00. The zero-order valence-electron chi connectivity index (χ0n) is 14.9. The SMILES string of the molecule is C=CCN1C(=O)/C(=C\c2ccccc2OCc2ccc(F)cc2)C(=O)NC1=S. The van der Waals surface area contributed by atoms with E-state index in [4.69, 9.17) is 17.0 Å². The maximum atomic E-state index is 13.0. The Morgan fingerprint density at radius 3 is 2.57 bits per heavy atom. The fourth-order valence-electron chi connectivity index (χ4n) is 2.62. The Balaban J connectivity index is 1.86. The van der Waals surface area contributed by atoms with Crippen LogP contribution in [0.25, 0.3) is 6.08 Å². The number of carbonyl (C=O) groups excluding carboxylic acids is 2. The van der Waals surface area contributed by atoms with Crippen molar-refractivity contribution in [2.75, 3.05) is 6.54 Å². The van der Waals surface area contributed by atoms with E-state index in [2.05, 4.69) is 11.9 Å². The zero-order valence-corrected chi connectivity index (χ0v) is 15.7. The first kappa shape index (κ1) is 19.4. The second-order valence-corrected chi connectivity index (χ2v) is 6.36. The van der Waals surface area contributed by atoms with E-state index >= 15 is 0 Å². The van der Waals surface area contributed by atoms with Crippen LogP contribution in [0.3, 0.4) is 0 Å². The number of ether oxygens (including phenoxy) is 1. The Kier molecular flexibility index (Phi) is 5.96. The van der Waals surface area contributed by atoms with Gasteiger partial charge in [0, 0.05) is 12.1 Å². The van der Waals surface area contributed by atoms with Gasteiger partial charge in [0.2, 0.25) is 0 Å². The normalized spacial score (nSPS) is 15.5. The van der Waals surface area contributed by atoms with Gasteiger partial charge in [-0.15, -0.1) is 6.58 Å². The third-order valence-electron chi connectivity index (χ3n) is 4.02. The molecule has 0 saturated carbocycles. The molecule has 2 aromatic carbocycles. The lowest BCUT2D eigenvalue weighted by molar-refractivity contribution is -0.128. The maximum Gasteiger partial charge on any atom is 0.265 e. The Labute approximate surface area is 167 Å². The summed E-state index contributed by atoms with van der Waals surface area (Å²) in [5, 5.41) is 2.55. The van der Waals surface area contributed by atoms with E-state index in [-0.39, 0.29) is 29.7 Å². The fraction of sp³-hybridized carbons (Fsp3) is 0.0952. The summed E-state index contributed by atoms with van der Waals surface area (Å²) in [5.74, 6) is -0.897. The molecule has 142 valence electrons. The van der Waals surface area contributed by atoms with Crippen molar-refractivity contribution in [2.24, 2.45) is 0 Å². The largest absolute Gasteiger partial charge is 0.488 e. The molecule has 0 aliphatic carbocycles. The molecule has 2 amide bonds. The first-order valence-corrected chi connectivity index (χ1v) is 8.86. The monoisotopic (exact) mass is 396 g/mol. The average Bonchev–Trinajstić information content (AvgIpc) is 2.69. The highest BCUT2D eigenvalue weighted by molar-refractivity contribution is 7.80. The molecule has 28 heavy (non-hydrogen) atoms. The molecule has 1 aliphatic rings. The van der Waals surface area contributed by atoms with Crippen molar-refractivity contribution in [1.82, 2.24) is 10.2 Å². The third-order valence-corrected chi connectivity index (χ3v) is 4.35. The second-order valence-electron chi connectivity index (χ2n) is 5.97. The highest BCUT2D eigenvalue weighted by Gasteiger charge is 2.32. The van der Waals surface area contributed by atoms with Crippen molar-refractivity contribution in [2.45, 2.75) is 6.61 Å². The molecule has 2 aromatic rings. The standard InChI is InChI=1S/C21H17FN2O3S/c1-2-11-24-20(26)17(19(25)23-21(24)28)12-15-5-3-4-6-18(15)27-13-14-7-9-16(22)10-8-14/h2-10,12H,1,11,13H2,(H,23,25,28)/b17-12-. The zero-order chi connectivity index (χ0) is 20.1. The van der Waals surface area contributed by atoms with E-state index in [0.29, 0.717) is 11.3 Å². The summed E-state index contributed by atoms with van der Waals surface area (Å²) in [6.07, 6.45) is 2.99. The van der Waals surface area contributed by atoms with Gasteiger partial charge < -0.3 is 4.74 Å². The van der Waals surface area contributed by atoms with E-state index < -0.39 is 11.8 Å². The van der Waals surface area contributed by atoms with Crippen LogP contribution in [0.15, 0.2) is 66.8 Å². The van der Waals surface area contributed by atoms with Crippen LogP contribution < -0.4 is 10.1 Å². The summed E-state index contributed by atoms with van der Waals surface area (Å²) >= 11 is 5.04. The van der Waals surface area contributed by atoms with Crippen LogP contribution in [-0.4, -0.2) is 28.4 Å². The van der Waals surface area contributed by atoms with E-state index in [9.17, 15) is 14.0 Å². The minimum Gasteiger partial charge on any atom is -0.488 e. The Morgan fingerprint density at radius 1 is 1.14 bits per heavy atom. The number of benzene rings is 2. The Morgan fingerprint density at radius 2 is 1.86 bits per heavy atom. The van der Waals surface area contributed by atoms with E-state index in [1.54, 1.807) is 36.4 Å². The van der Waals surface area contributed by atoms with Crippen LogP contribution in [0.2, 0.25) is 0 Å². The first-order valence-electron chi connectivity index (χ1n) is 8.45. The number of rotatable bonds is 6. The predicted octanol–water partition coefficient (Wildman–Crippen LogP) is 3.22. The topological polar surface area (TPSA) is 58.6 Å². The molecule has 1 N–H and O–H groups in total. The number of halogens is 1. The van der Waals surface area contributed by atoms with Crippen molar-refractivity contribution < 1.29 is 18.7 Å². The Hall–Kier alpha value is -3.32. The number of hydrogen-bond acceptors (Lipinski definition) is 4. The van der Waals surface area contributed by atoms with Crippen LogP contribution in [-0.2, 0) is 16.2 Å². The lowest BCUT2D eigenvalue weighted by Crippen LogP contribution is -2.53. The number of amides is 2. The summed E-state index contributed by atoms with van der Waals surface area (Å²) in [4.78, 5) is 26.2. The molecule has 1 heterocycles. The minimum atomic E-state index is -0.566. The second kappa shape index (κ2) is 8.58. The van der Waals surface area contributed by atoms with Crippen molar-refractivity contribution in [3.8, 4) is 5.75 Å². The van der Waals surface area contributed by atoms with Crippen LogP contribution in [0.5, 0.6) is 5.75 Å². The molecule has 0 radical (unpaired) electrons. The van der Waals surface area contributed by atoms with Gasteiger partial charge in [-0.05, 0) is 42.1 Å². The summed E-state index contributed by atoms with van der Waals surface area (Å²) in [7, 11) is 0. The summed E-state index contributed by atoms with van der Waals surface area (Å²) in [5.41, 5.74) is 1.31. The molecule has 1 aliphatic heterocycles. The van der Waals surface area contributed by atoms with Gasteiger partial charge in [-0.3, -0.25) is 19.8 Å². The smallest absolute Gasteiger partial charge is 0.265 e. The molecule has 5 nitrogen and oxygen atoms in total. The lowest BCUT2D eigenvalue weighted by atomic mass is 10.1. The quantitative estimate of drug-likeness (QED) is 0.353. The van der Waals surface area contributed by atoms with Crippen LogP contribution in [0.1, 0.15) is 11.1 Å². The van der Waals surface area contributed by atoms with Crippen molar-refractivity contribution in [3.05, 3.63) is 83.7 Å². The summed E-state index contributed by atoms with van der Waals surface area (Å²) in [6, 6.07) is 13.0. The number of nitrogens with one attached hydrogen (secondary N) is 1. The molecule has 0 unspecified atom stereocenters. The molecular weight excluding hydrogens is 379 g/mol. The molecule has 0 spiro atoms. The van der Waals surface area contributed by atoms with Crippen molar-refractivity contribution in [3.63, 3.8) is 0 Å². The molecule has 0 atom stereocenters. The van der Waals surface area contributed by atoms with Crippen molar-refractivity contribution in [1.29, 1.82) is 0 Å². The molecule has 1 saturated heterocycles. The first-order chi connectivity index (χ1) is 13.5. The van der Waals surface area contributed by atoms with Crippen LogP contribution >= 0.6 is 12.2 Å². The van der Waals surface area contributed by atoms with Gasteiger partial charge in [0.05, 0.1) is 0 Å². The number of nitrogens with zero attached hydrogens (tertiary/aromatic N) is 1. The fourth-order valence-corrected chi connectivity index (χ4v) is 2.87. The van der Waals surface area contributed by atoms with E-state index in [1.807, 2.05) is 0 Å². The average molecular weight is 396 g/mol. The minimum absolute atomic E-state index is 0.0479. The third kappa shape index (κ3) is 4.32. The molecule has 0 aromatic heterocycles. The lowest BCUT2D eigenvalue weighted by Gasteiger charge is -2.27. The van der Waals surface area contributed by atoms with Gasteiger partial charge in [0.1, 0.15) is 23.7 Å². The molecular formula is C21H17FN2O3S. The number of thiocarbonyl (C=S) groups is 1. The highest BCUT2D eigenvalue weighted by atomic mass is 32.1. The van der Waals surface area contributed by atoms with Crippen molar-refractivity contribution >= 4 is 35.2 Å². The van der Waals surface area contributed by atoms with Gasteiger partial charge in [-0.2, -0.15) is 0 Å². The molecule has 7 heteroatoms. The summed E-state index contributed by atoms with van der Waals surface area (Å²) < 4.78 is 18.8. The van der Waals surface area contributed by atoms with Gasteiger partial charge in [0.15, 0.2) is 5.11 Å². The number of hydrogen-bond donors (Lipinski definition) is 1. The maximum absolute atomic E-state index is 13.0. The van der Waals surface area contributed by atoms with Crippen LogP contribution in [0, 0.1) is 5.82 Å². The highest BCUT2D eigenvalue weighted by Crippen LogP contribution is 2.24. The van der Waals surface area contributed by atoms with E-state index in [1.165, 1.54) is 29.2 Å². The molecule has 3 rings (SSSR count). The number of para-hydroxylation sites is 1. The van der Waals surface area contributed by atoms with Gasteiger partial charge >= 0.3 is 0 Å². The number of carbonyl (C=O) groups is 2. The van der Waals surface area contributed by atoms with Crippen LogP contribution in [0.4, 0.5) is 4.39 Å². The van der Waals surface area contributed by atoms with Gasteiger partial charge in [-0.1, -0.05) is 36.4 Å². The van der Waals surface area contributed by atoms with Gasteiger partial charge in [0.25, 0.3) is 11.8 Å². The van der Waals surface area contributed by atoms with Gasteiger partial charge in [-0.25, -0.2) is 4.39 Å². The van der Waals surface area contributed by atoms with E-state index in [0.717, 1.165) is 5.56 Å². The molecule has 1 fully saturated rings. The Bertz CT molecular complexity index is 970. The molecule has 0 bridgehead atoms. The predicted molar refractivity (Wildman–Crippen MR) is 108 cm³/mol.